The van der Waals surface area contributed by atoms with Crippen LogP contribution in [0, 0.1) is 0 Å². The number of fused-ring (bicyclic) bond motifs is 5. The molecule has 0 radical (unpaired) electrons. The molecule has 1 aromatic heterocycles. The van der Waals surface area contributed by atoms with Crippen LogP contribution >= 0.6 is 11.3 Å². The molecular weight excluding hydrogens is 669 g/mol. The molecule has 0 spiro atoms. The van der Waals surface area contributed by atoms with Gasteiger partial charge in [-0.2, -0.15) is 0 Å². The Morgan fingerprint density at radius 2 is 0.868 bits per heavy atom. The van der Waals surface area contributed by atoms with Gasteiger partial charge in [-0.05, 0) is 113 Å². The van der Waals surface area contributed by atoms with E-state index in [9.17, 15) is 0 Å². The van der Waals surface area contributed by atoms with Crippen LogP contribution in [0.1, 0.15) is 0 Å². The number of benzene rings is 8. The summed E-state index contributed by atoms with van der Waals surface area (Å²) >= 11 is 1.88. The predicted octanol–water partition coefficient (Wildman–Crippen LogP) is 13.8. The van der Waals surface area contributed by atoms with Crippen molar-refractivity contribution in [3.05, 3.63) is 182 Å². The van der Waals surface area contributed by atoms with Gasteiger partial charge in [0.1, 0.15) is 11.5 Å². The predicted molar refractivity (Wildman–Crippen MR) is 225 cm³/mol. The van der Waals surface area contributed by atoms with Crippen molar-refractivity contribution in [1.29, 1.82) is 0 Å². The molecule has 0 bridgehead atoms. The smallest absolute Gasteiger partial charge is 0.119 e. The maximum atomic E-state index is 5.57. The summed E-state index contributed by atoms with van der Waals surface area (Å²) < 4.78 is 13.7. The van der Waals surface area contributed by atoms with Crippen molar-refractivity contribution in [2.45, 2.75) is 0 Å². The highest BCUT2D eigenvalue weighted by molar-refractivity contribution is 7.27. The number of hydrogen-bond acceptors (Lipinski definition) is 5. The van der Waals surface area contributed by atoms with Crippen LogP contribution in [0.5, 0.6) is 11.5 Å². The fraction of sp³-hybridized carbons (Fsp3) is 0.0417. The first-order valence-corrected chi connectivity index (χ1v) is 18.5. The zero-order valence-corrected chi connectivity index (χ0v) is 30.3. The van der Waals surface area contributed by atoms with Gasteiger partial charge in [0.2, 0.25) is 0 Å². The van der Waals surface area contributed by atoms with E-state index in [-0.39, 0.29) is 0 Å². The van der Waals surface area contributed by atoms with Crippen LogP contribution in [0.4, 0.5) is 34.1 Å². The van der Waals surface area contributed by atoms with Gasteiger partial charge >= 0.3 is 0 Å². The Balaban J connectivity index is 1.33. The molecule has 0 atom stereocenters. The third kappa shape index (κ3) is 6.01. The van der Waals surface area contributed by atoms with Gasteiger partial charge in [-0.3, -0.25) is 0 Å². The Morgan fingerprint density at radius 3 is 1.43 bits per heavy atom. The fourth-order valence-corrected chi connectivity index (χ4v) is 8.65. The Labute approximate surface area is 313 Å². The Bertz CT molecular complexity index is 2600. The van der Waals surface area contributed by atoms with Crippen molar-refractivity contribution in [1.82, 2.24) is 0 Å². The molecule has 9 rings (SSSR count). The highest BCUT2D eigenvalue weighted by atomic mass is 32.1. The lowest BCUT2D eigenvalue weighted by Gasteiger charge is -2.30. The second kappa shape index (κ2) is 13.9. The molecule has 8 aromatic carbocycles. The van der Waals surface area contributed by atoms with Gasteiger partial charge in [-0.25, -0.2) is 0 Å². The van der Waals surface area contributed by atoms with Gasteiger partial charge in [-0.1, -0.05) is 91.0 Å². The summed E-state index contributed by atoms with van der Waals surface area (Å²) in [5.41, 5.74) is 8.57. The number of para-hydroxylation sites is 2. The topological polar surface area (TPSA) is 24.9 Å². The Kier molecular flexibility index (Phi) is 8.47. The third-order valence-corrected chi connectivity index (χ3v) is 11.1. The SMILES string of the molecule is COc1ccc(N(c2ccc(OC)cc2)c2cc(-c3cccc4c3sc3c5ccccc5ccc43)cc(N(c3ccccc3)c3ccccc3)c2)cc1. The van der Waals surface area contributed by atoms with E-state index in [1.165, 1.54) is 36.5 Å². The zero-order valence-electron chi connectivity index (χ0n) is 29.4. The fourth-order valence-electron chi connectivity index (χ4n) is 7.27. The quantitative estimate of drug-likeness (QED) is 0.149. The van der Waals surface area contributed by atoms with E-state index in [4.69, 9.17) is 9.47 Å². The minimum atomic E-state index is 0.807. The molecule has 0 unspecified atom stereocenters. The minimum absolute atomic E-state index is 0.807. The van der Waals surface area contributed by atoms with Crippen molar-refractivity contribution >= 4 is 76.4 Å². The summed E-state index contributed by atoms with van der Waals surface area (Å²) in [6, 6.07) is 64.6. The van der Waals surface area contributed by atoms with Crippen molar-refractivity contribution in [2.75, 3.05) is 24.0 Å². The first kappa shape index (κ1) is 32.4. The van der Waals surface area contributed by atoms with E-state index in [1.807, 2.05) is 35.6 Å². The summed E-state index contributed by atoms with van der Waals surface area (Å²) in [6.45, 7) is 0. The number of hydrogen-bond donors (Lipinski definition) is 0. The standard InChI is InChI=1S/C48H36N2O2S/c1-51-41-25-21-37(22-26-41)50(38-23-27-42(52-2)28-24-38)40-31-34(30-39(32-40)49(35-13-5-3-6-14-35)36-15-7-4-8-16-36)44-18-11-19-45-46-29-20-33-12-9-10-17-43(33)47(46)53-48(44)45/h3-32H,1-2H3. The summed E-state index contributed by atoms with van der Waals surface area (Å²) in [4.78, 5) is 4.64. The minimum Gasteiger partial charge on any atom is -0.497 e. The molecule has 1 heterocycles. The number of nitrogens with zero attached hydrogens (tertiary/aromatic N) is 2. The lowest BCUT2D eigenvalue weighted by atomic mass is 9.99. The lowest BCUT2D eigenvalue weighted by Crippen LogP contribution is -2.13. The van der Waals surface area contributed by atoms with Gasteiger partial charge in [-0.15, -0.1) is 11.3 Å². The molecule has 9 aromatic rings. The number of rotatable bonds is 9. The highest BCUT2D eigenvalue weighted by Gasteiger charge is 2.21. The van der Waals surface area contributed by atoms with Gasteiger partial charge in [0.25, 0.3) is 0 Å². The number of methoxy groups -OCH3 is 2. The van der Waals surface area contributed by atoms with Crippen molar-refractivity contribution in [2.24, 2.45) is 0 Å². The summed E-state index contributed by atoms with van der Waals surface area (Å²) in [7, 11) is 3.40. The molecular formula is C48H36N2O2S. The average Bonchev–Trinajstić information content (AvgIpc) is 3.62. The van der Waals surface area contributed by atoms with Gasteiger partial charge in [0.15, 0.2) is 0 Å². The first-order valence-electron chi connectivity index (χ1n) is 17.7. The summed E-state index contributed by atoms with van der Waals surface area (Å²) in [5, 5.41) is 5.10. The second-order valence-corrected chi connectivity index (χ2v) is 13.9. The molecule has 256 valence electrons. The molecule has 0 N–H and O–H groups in total. The van der Waals surface area contributed by atoms with Crippen LogP contribution in [-0.2, 0) is 0 Å². The monoisotopic (exact) mass is 704 g/mol. The maximum absolute atomic E-state index is 5.57. The van der Waals surface area contributed by atoms with Crippen LogP contribution in [0.2, 0.25) is 0 Å². The summed E-state index contributed by atoms with van der Waals surface area (Å²) in [5.74, 6) is 1.61. The van der Waals surface area contributed by atoms with Crippen LogP contribution in [0.3, 0.4) is 0 Å². The molecule has 0 aliphatic carbocycles. The molecule has 0 amide bonds. The van der Waals surface area contributed by atoms with Gasteiger partial charge in [0.05, 0.1) is 14.2 Å². The summed E-state index contributed by atoms with van der Waals surface area (Å²) in [6.07, 6.45) is 0. The number of thiophene rings is 1. The van der Waals surface area contributed by atoms with Gasteiger partial charge < -0.3 is 19.3 Å². The second-order valence-electron chi connectivity index (χ2n) is 12.9. The average molecular weight is 705 g/mol. The molecule has 0 aliphatic heterocycles. The van der Waals surface area contributed by atoms with Crippen LogP contribution in [0.15, 0.2) is 182 Å². The zero-order chi connectivity index (χ0) is 35.7. The normalized spacial score (nSPS) is 11.2. The van der Waals surface area contributed by atoms with E-state index in [0.717, 1.165) is 51.2 Å². The third-order valence-electron chi connectivity index (χ3n) is 9.81. The van der Waals surface area contributed by atoms with Crippen LogP contribution < -0.4 is 19.3 Å². The Morgan fingerprint density at radius 1 is 0.377 bits per heavy atom. The van der Waals surface area contributed by atoms with Crippen molar-refractivity contribution in [3.63, 3.8) is 0 Å². The molecule has 53 heavy (non-hydrogen) atoms. The lowest BCUT2D eigenvalue weighted by molar-refractivity contribution is 0.415. The van der Waals surface area contributed by atoms with E-state index in [0.29, 0.717) is 0 Å². The van der Waals surface area contributed by atoms with E-state index in [1.54, 1.807) is 14.2 Å². The van der Waals surface area contributed by atoms with E-state index >= 15 is 0 Å². The largest absolute Gasteiger partial charge is 0.497 e. The Hall–Kier alpha value is -6.56. The molecule has 0 saturated heterocycles. The molecule has 5 heteroatoms. The van der Waals surface area contributed by atoms with Crippen LogP contribution in [-0.4, -0.2) is 14.2 Å². The first-order chi connectivity index (χ1) is 26.2. The highest BCUT2D eigenvalue weighted by Crippen LogP contribution is 2.47. The van der Waals surface area contributed by atoms with E-state index in [2.05, 4.69) is 168 Å². The number of anilines is 6. The van der Waals surface area contributed by atoms with Crippen molar-refractivity contribution < 1.29 is 9.47 Å². The molecule has 0 saturated carbocycles. The van der Waals surface area contributed by atoms with Gasteiger partial charge in [0, 0.05) is 54.3 Å². The maximum Gasteiger partial charge on any atom is 0.119 e. The van der Waals surface area contributed by atoms with E-state index < -0.39 is 0 Å². The number of ether oxygens (including phenoxy) is 2. The molecule has 0 aliphatic rings. The van der Waals surface area contributed by atoms with Crippen molar-refractivity contribution in [3.8, 4) is 22.6 Å². The molecule has 4 nitrogen and oxygen atoms in total. The molecule has 0 fully saturated rings. The van der Waals surface area contributed by atoms with Crippen LogP contribution in [0.25, 0.3) is 42.1 Å².